The lowest BCUT2D eigenvalue weighted by Gasteiger charge is -2.09. The monoisotopic (exact) mass is 266 g/mol. The van der Waals surface area contributed by atoms with Gasteiger partial charge in [-0.1, -0.05) is 26.0 Å². The predicted molar refractivity (Wildman–Crippen MR) is 71.3 cm³/mol. The lowest BCUT2D eigenvalue weighted by molar-refractivity contribution is -0.122. The number of ketones is 2. The SMILES string of the molecule is CCOc1cccc(C(=O)C(F)C(=O)CC(C)C)c1. The van der Waals surface area contributed by atoms with Gasteiger partial charge in [0, 0.05) is 12.0 Å². The summed E-state index contributed by atoms with van der Waals surface area (Å²) in [7, 11) is 0. The topological polar surface area (TPSA) is 43.4 Å². The predicted octanol–water partition coefficient (Wildman–Crippen LogP) is 3.22. The number of carbonyl (C=O) groups excluding carboxylic acids is 2. The summed E-state index contributed by atoms with van der Waals surface area (Å²) in [6.07, 6.45) is -2.02. The normalized spacial score (nSPS) is 12.3. The Labute approximate surface area is 112 Å². The first-order valence-corrected chi connectivity index (χ1v) is 6.39. The molecule has 104 valence electrons. The fourth-order valence-electron chi connectivity index (χ4n) is 1.70. The number of rotatable bonds is 7. The first-order chi connectivity index (χ1) is 8.95. The molecule has 1 atom stereocenters. The summed E-state index contributed by atoms with van der Waals surface area (Å²) in [6, 6.07) is 6.24. The number of benzene rings is 1. The minimum atomic E-state index is -2.08. The molecule has 0 radical (unpaired) electrons. The van der Waals surface area contributed by atoms with E-state index in [4.69, 9.17) is 4.74 Å². The smallest absolute Gasteiger partial charge is 0.220 e. The molecule has 0 aliphatic heterocycles. The van der Waals surface area contributed by atoms with Crippen molar-refractivity contribution in [2.45, 2.75) is 33.4 Å². The maximum atomic E-state index is 13.8. The molecule has 0 aromatic heterocycles. The molecule has 19 heavy (non-hydrogen) atoms. The van der Waals surface area contributed by atoms with E-state index in [1.54, 1.807) is 12.1 Å². The van der Waals surface area contributed by atoms with Gasteiger partial charge in [0.25, 0.3) is 0 Å². The molecule has 1 unspecified atom stereocenters. The van der Waals surface area contributed by atoms with Crippen molar-refractivity contribution >= 4 is 11.6 Å². The van der Waals surface area contributed by atoms with Gasteiger partial charge in [-0.25, -0.2) is 4.39 Å². The van der Waals surface area contributed by atoms with Crippen LogP contribution in [0, 0.1) is 5.92 Å². The van der Waals surface area contributed by atoms with Gasteiger partial charge in [0.15, 0.2) is 5.78 Å². The van der Waals surface area contributed by atoms with Crippen LogP contribution < -0.4 is 4.74 Å². The molecule has 0 aliphatic rings. The van der Waals surface area contributed by atoms with Crippen molar-refractivity contribution in [1.29, 1.82) is 0 Å². The standard InChI is InChI=1S/C15H19FO3/c1-4-19-12-7-5-6-11(9-12)15(18)14(16)13(17)8-10(2)3/h5-7,9-10,14H,4,8H2,1-3H3. The van der Waals surface area contributed by atoms with Crippen molar-refractivity contribution < 1.29 is 18.7 Å². The van der Waals surface area contributed by atoms with Crippen LogP contribution in [0.25, 0.3) is 0 Å². The molecular weight excluding hydrogens is 247 g/mol. The van der Waals surface area contributed by atoms with Crippen LogP contribution in [0.15, 0.2) is 24.3 Å². The van der Waals surface area contributed by atoms with E-state index in [9.17, 15) is 14.0 Å². The number of hydrogen-bond donors (Lipinski definition) is 0. The second-order valence-electron chi connectivity index (χ2n) is 4.75. The van der Waals surface area contributed by atoms with Gasteiger partial charge in [-0.3, -0.25) is 9.59 Å². The summed E-state index contributed by atoms with van der Waals surface area (Å²) in [6.45, 7) is 5.90. The summed E-state index contributed by atoms with van der Waals surface area (Å²) < 4.78 is 19.1. The summed E-state index contributed by atoms with van der Waals surface area (Å²) in [4.78, 5) is 23.4. The van der Waals surface area contributed by atoms with E-state index < -0.39 is 17.7 Å². The average Bonchev–Trinajstić information content (AvgIpc) is 2.37. The van der Waals surface area contributed by atoms with Crippen molar-refractivity contribution in [2.24, 2.45) is 5.92 Å². The van der Waals surface area contributed by atoms with Gasteiger partial charge in [0.1, 0.15) is 5.75 Å². The molecule has 4 heteroatoms. The number of hydrogen-bond acceptors (Lipinski definition) is 3. The lowest BCUT2D eigenvalue weighted by Crippen LogP contribution is -2.26. The minimum Gasteiger partial charge on any atom is -0.494 e. The van der Waals surface area contributed by atoms with Gasteiger partial charge in [0.2, 0.25) is 12.0 Å². The third-order valence-electron chi connectivity index (χ3n) is 2.55. The minimum absolute atomic E-state index is 0.0355. The van der Waals surface area contributed by atoms with Crippen LogP contribution in [0.1, 0.15) is 37.6 Å². The Morgan fingerprint density at radius 3 is 2.58 bits per heavy atom. The van der Waals surface area contributed by atoms with E-state index in [1.807, 2.05) is 20.8 Å². The number of alkyl halides is 1. The highest BCUT2D eigenvalue weighted by molar-refractivity contribution is 6.13. The van der Waals surface area contributed by atoms with Gasteiger partial charge >= 0.3 is 0 Å². The summed E-state index contributed by atoms with van der Waals surface area (Å²) in [5, 5.41) is 0. The molecule has 0 bridgehead atoms. The lowest BCUT2D eigenvalue weighted by atomic mass is 9.98. The Morgan fingerprint density at radius 1 is 1.32 bits per heavy atom. The second-order valence-corrected chi connectivity index (χ2v) is 4.75. The second kappa shape index (κ2) is 7.02. The zero-order valence-corrected chi connectivity index (χ0v) is 11.5. The van der Waals surface area contributed by atoms with E-state index in [0.29, 0.717) is 12.4 Å². The maximum absolute atomic E-state index is 13.8. The van der Waals surface area contributed by atoms with Crippen molar-refractivity contribution in [3.8, 4) is 5.75 Å². The highest BCUT2D eigenvalue weighted by atomic mass is 19.1. The van der Waals surface area contributed by atoms with Crippen molar-refractivity contribution in [2.75, 3.05) is 6.61 Å². The maximum Gasteiger partial charge on any atom is 0.220 e. The third kappa shape index (κ3) is 4.47. The zero-order valence-electron chi connectivity index (χ0n) is 11.5. The van der Waals surface area contributed by atoms with Crippen LogP contribution in [0.4, 0.5) is 4.39 Å². The Hall–Kier alpha value is -1.71. The highest BCUT2D eigenvalue weighted by Gasteiger charge is 2.27. The molecule has 1 aromatic rings. The molecule has 1 aromatic carbocycles. The van der Waals surface area contributed by atoms with Crippen molar-refractivity contribution in [1.82, 2.24) is 0 Å². The van der Waals surface area contributed by atoms with Crippen molar-refractivity contribution in [3.63, 3.8) is 0 Å². The number of halogens is 1. The molecule has 0 N–H and O–H groups in total. The van der Waals surface area contributed by atoms with E-state index in [-0.39, 0.29) is 17.9 Å². The molecule has 0 aliphatic carbocycles. The van der Waals surface area contributed by atoms with Gasteiger partial charge in [-0.05, 0) is 25.0 Å². The third-order valence-corrected chi connectivity index (χ3v) is 2.55. The molecule has 0 fully saturated rings. The Kier molecular flexibility index (Phi) is 5.67. The highest BCUT2D eigenvalue weighted by Crippen LogP contribution is 2.17. The molecule has 0 amide bonds. The molecular formula is C15H19FO3. The van der Waals surface area contributed by atoms with Crippen LogP contribution in [0.5, 0.6) is 5.75 Å². The molecule has 0 saturated heterocycles. The van der Waals surface area contributed by atoms with E-state index in [2.05, 4.69) is 0 Å². The zero-order chi connectivity index (χ0) is 14.4. The van der Waals surface area contributed by atoms with Gasteiger partial charge in [-0.2, -0.15) is 0 Å². The van der Waals surface area contributed by atoms with E-state index in [1.165, 1.54) is 12.1 Å². The van der Waals surface area contributed by atoms with Gasteiger partial charge < -0.3 is 4.74 Å². The van der Waals surface area contributed by atoms with E-state index in [0.717, 1.165) is 0 Å². The quantitative estimate of drug-likeness (QED) is 0.562. The Balaban J connectivity index is 2.81. The van der Waals surface area contributed by atoms with Gasteiger partial charge in [-0.15, -0.1) is 0 Å². The van der Waals surface area contributed by atoms with Crippen LogP contribution in [-0.2, 0) is 4.79 Å². The fraction of sp³-hybridized carbons (Fsp3) is 0.467. The van der Waals surface area contributed by atoms with Crippen LogP contribution in [-0.4, -0.2) is 24.3 Å². The van der Waals surface area contributed by atoms with Crippen LogP contribution in [0.2, 0.25) is 0 Å². The number of Topliss-reactive ketones (excluding diaryl/α,β-unsaturated/α-hetero) is 2. The largest absolute Gasteiger partial charge is 0.494 e. The number of carbonyl (C=O) groups is 2. The molecule has 1 rings (SSSR count). The summed E-state index contributed by atoms with van der Waals surface area (Å²) >= 11 is 0. The van der Waals surface area contributed by atoms with E-state index >= 15 is 0 Å². The Bertz CT molecular complexity index is 454. The summed E-state index contributed by atoms with van der Waals surface area (Å²) in [5.74, 6) is -0.931. The fourth-order valence-corrected chi connectivity index (χ4v) is 1.70. The molecule has 0 saturated carbocycles. The van der Waals surface area contributed by atoms with Crippen LogP contribution >= 0.6 is 0 Å². The Morgan fingerprint density at radius 2 is 2.00 bits per heavy atom. The first-order valence-electron chi connectivity index (χ1n) is 6.39. The molecule has 0 spiro atoms. The summed E-state index contributed by atoms with van der Waals surface area (Å²) in [5.41, 5.74) is 0.163. The average molecular weight is 266 g/mol. The van der Waals surface area contributed by atoms with Crippen molar-refractivity contribution in [3.05, 3.63) is 29.8 Å². The van der Waals surface area contributed by atoms with Gasteiger partial charge in [0.05, 0.1) is 6.61 Å². The first kappa shape index (κ1) is 15.3. The molecule has 0 heterocycles. The molecule has 3 nitrogen and oxygen atoms in total. The number of ether oxygens (including phenoxy) is 1. The van der Waals surface area contributed by atoms with Crippen LogP contribution in [0.3, 0.4) is 0 Å².